The first kappa shape index (κ1) is 12.2. The van der Waals surface area contributed by atoms with Gasteiger partial charge in [0.1, 0.15) is 0 Å². The van der Waals surface area contributed by atoms with E-state index < -0.39 is 0 Å². The molecule has 0 saturated carbocycles. The highest BCUT2D eigenvalue weighted by atomic mass is 16.5. The summed E-state index contributed by atoms with van der Waals surface area (Å²) in [6, 6.07) is 7.37. The van der Waals surface area contributed by atoms with E-state index >= 15 is 0 Å². The van der Waals surface area contributed by atoms with Crippen LogP contribution in [0, 0.1) is 0 Å². The van der Waals surface area contributed by atoms with Gasteiger partial charge in [-0.1, -0.05) is 24.3 Å². The highest BCUT2D eigenvalue weighted by molar-refractivity contribution is 5.89. The molecule has 0 unspecified atom stereocenters. The summed E-state index contributed by atoms with van der Waals surface area (Å²) in [5, 5.41) is 0. The van der Waals surface area contributed by atoms with Gasteiger partial charge in [0, 0.05) is 5.92 Å². The van der Waals surface area contributed by atoms with Crippen molar-refractivity contribution in [1.29, 1.82) is 0 Å². The Balaban J connectivity index is 2.88. The van der Waals surface area contributed by atoms with E-state index in [9.17, 15) is 4.79 Å². The van der Waals surface area contributed by atoms with E-state index in [1.54, 1.807) is 12.1 Å². The summed E-state index contributed by atoms with van der Waals surface area (Å²) in [5.41, 5.74) is 1.69. The van der Waals surface area contributed by atoms with Crippen LogP contribution in [0.25, 0.3) is 0 Å². The number of carbonyl (C=O) groups excluding carboxylic acids is 1. The molecule has 0 N–H and O–H groups in total. The zero-order valence-corrected chi connectivity index (χ0v) is 9.48. The van der Waals surface area contributed by atoms with Crippen LogP contribution >= 0.6 is 0 Å². The van der Waals surface area contributed by atoms with Crippen molar-refractivity contribution in [3.63, 3.8) is 0 Å². The van der Waals surface area contributed by atoms with Crippen LogP contribution in [0.4, 0.5) is 0 Å². The van der Waals surface area contributed by atoms with E-state index in [-0.39, 0.29) is 11.9 Å². The summed E-state index contributed by atoms with van der Waals surface area (Å²) < 4.78 is 4.64. The van der Waals surface area contributed by atoms with Crippen LogP contribution in [0.1, 0.15) is 28.3 Å². The summed E-state index contributed by atoms with van der Waals surface area (Å²) in [6.45, 7) is 7.50. The average molecular weight is 216 g/mol. The molecular formula is C14H16O2. The summed E-state index contributed by atoms with van der Waals surface area (Å²) >= 11 is 0. The summed E-state index contributed by atoms with van der Waals surface area (Å²) in [4.78, 5) is 11.2. The normalized spacial score (nSPS) is 11.6. The van der Waals surface area contributed by atoms with Crippen molar-refractivity contribution in [1.82, 2.24) is 0 Å². The monoisotopic (exact) mass is 216 g/mol. The lowest BCUT2D eigenvalue weighted by Gasteiger charge is -2.10. The predicted molar refractivity (Wildman–Crippen MR) is 65.5 cm³/mol. The molecule has 0 aliphatic rings. The van der Waals surface area contributed by atoms with Crippen molar-refractivity contribution in [3.8, 4) is 0 Å². The lowest BCUT2D eigenvalue weighted by Crippen LogP contribution is -2.01. The van der Waals surface area contributed by atoms with Crippen LogP contribution in [0.15, 0.2) is 49.6 Å². The zero-order valence-electron chi connectivity index (χ0n) is 9.48. The van der Waals surface area contributed by atoms with Crippen LogP contribution in [0.2, 0.25) is 0 Å². The Bertz CT molecular complexity index is 376. The molecule has 0 aromatic heterocycles. The molecule has 16 heavy (non-hydrogen) atoms. The number of allylic oxidation sites excluding steroid dienone is 2. The van der Waals surface area contributed by atoms with Crippen LogP contribution < -0.4 is 0 Å². The van der Waals surface area contributed by atoms with E-state index in [0.29, 0.717) is 5.56 Å². The molecular weight excluding hydrogens is 200 g/mol. The Morgan fingerprint density at radius 3 is 2.44 bits per heavy atom. The first-order chi connectivity index (χ1) is 7.72. The highest BCUT2D eigenvalue weighted by Crippen LogP contribution is 2.21. The zero-order chi connectivity index (χ0) is 12.0. The largest absolute Gasteiger partial charge is 0.465 e. The third-order valence-corrected chi connectivity index (χ3v) is 2.47. The van der Waals surface area contributed by atoms with Gasteiger partial charge in [-0.2, -0.15) is 0 Å². The Labute approximate surface area is 96.2 Å². The van der Waals surface area contributed by atoms with E-state index in [0.717, 1.165) is 12.0 Å². The van der Waals surface area contributed by atoms with E-state index in [1.807, 2.05) is 24.3 Å². The second-order valence-corrected chi connectivity index (χ2v) is 3.48. The number of methoxy groups -OCH3 is 1. The molecule has 0 spiro atoms. The number of ether oxygens (including phenoxy) is 1. The molecule has 0 radical (unpaired) electrons. The maximum absolute atomic E-state index is 11.2. The molecule has 2 heteroatoms. The molecule has 84 valence electrons. The van der Waals surface area contributed by atoms with Gasteiger partial charge in [0.2, 0.25) is 0 Å². The van der Waals surface area contributed by atoms with Crippen molar-refractivity contribution < 1.29 is 9.53 Å². The number of benzene rings is 1. The predicted octanol–water partition coefficient (Wildman–Crippen LogP) is 3.32. The number of hydrogen-bond acceptors (Lipinski definition) is 2. The minimum atomic E-state index is -0.314. The van der Waals surface area contributed by atoms with Crippen LogP contribution in [0.5, 0.6) is 0 Å². The van der Waals surface area contributed by atoms with E-state index in [2.05, 4.69) is 17.9 Å². The molecule has 1 aromatic carbocycles. The number of esters is 1. The maximum atomic E-state index is 11.2. The van der Waals surface area contributed by atoms with E-state index in [4.69, 9.17) is 0 Å². The molecule has 1 aromatic rings. The minimum absolute atomic E-state index is 0.254. The van der Waals surface area contributed by atoms with Crippen molar-refractivity contribution in [2.45, 2.75) is 12.3 Å². The number of rotatable bonds is 5. The molecule has 1 rings (SSSR count). The smallest absolute Gasteiger partial charge is 0.337 e. The summed E-state index contributed by atoms with van der Waals surface area (Å²) in [7, 11) is 1.38. The first-order valence-electron chi connectivity index (χ1n) is 5.14. The fraction of sp³-hybridized carbons (Fsp3) is 0.214. The lowest BCUT2D eigenvalue weighted by atomic mass is 9.95. The number of hydrogen-bond donors (Lipinski definition) is 0. The first-order valence-corrected chi connectivity index (χ1v) is 5.14. The molecule has 0 aliphatic carbocycles. The summed E-state index contributed by atoms with van der Waals surface area (Å²) in [6.07, 6.45) is 4.59. The molecule has 0 heterocycles. The minimum Gasteiger partial charge on any atom is -0.465 e. The summed E-state index contributed by atoms with van der Waals surface area (Å²) in [5.74, 6) is -0.0605. The molecule has 1 atom stereocenters. The average Bonchev–Trinajstić information content (AvgIpc) is 2.35. The molecule has 0 saturated heterocycles. The van der Waals surface area contributed by atoms with Gasteiger partial charge in [0.05, 0.1) is 12.7 Å². The molecule has 0 fully saturated rings. The van der Waals surface area contributed by atoms with Gasteiger partial charge in [-0.15, -0.1) is 13.2 Å². The second-order valence-electron chi connectivity index (χ2n) is 3.48. The third-order valence-electron chi connectivity index (χ3n) is 2.47. The Kier molecular flexibility index (Phi) is 4.52. The van der Waals surface area contributed by atoms with E-state index in [1.165, 1.54) is 7.11 Å². The Hall–Kier alpha value is -1.83. The van der Waals surface area contributed by atoms with Gasteiger partial charge in [-0.3, -0.25) is 0 Å². The highest BCUT2D eigenvalue weighted by Gasteiger charge is 2.08. The van der Waals surface area contributed by atoms with Crippen LogP contribution in [0.3, 0.4) is 0 Å². The van der Waals surface area contributed by atoms with Crippen LogP contribution in [-0.4, -0.2) is 13.1 Å². The van der Waals surface area contributed by atoms with Gasteiger partial charge >= 0.3 is 5.97 Å². The van der Waals surface area contributed by atoms with Crippen LogP contribution in [-0.2, 0) is 4.74 Å². The van der Waals surface area contributed by atoms with Crippen molar-refractivity contribution in [3.05, 3.63) is 60.7 Å². The van der Waals surface area contributed by atoms with Crippen molar-refractivity contribution in [2.75, 3.05) is 7.11 Å². The van der Waals surface area contributed by atoms with Gasteiger partial charge in [-0.05, 0) is 24.1 Å². The van der Waals surface area contributed by atoms with Gasteiger partial charge in [0.15, 0.2) is 0 Å². The standard InChI is InChI=1S/C14H16O2/c1-4-6-11(5-2)12-7-9-13(10-8-12)14(15)16-3/h4-5,7-11H,1-2,6H2,3H3/t11-/m0/s1. The third kappa shape index (κ3) is 2.83. The Morgan fingerprint density at radius 2 is 2.00 bits per heavy atom. The fourth-order valence-electron chi connectivity index (χ4n) is 1.53. The lowest BCUT2D eigenvalue weighted by molar-refractivity contribution is 0.0600. The van der Waals surface area contributed by atoms with Gasteiger partial charge in [-0.25, -0.2) is 4.79 Å². The van der Waals surface area contributed by atoms with Gasteiger partial charge in [0.25, 0.3) is 0 Å². The molecule has 0 bridgehead atoms. The van der Waals surface area contributed by atoms with Gasteiger partial charge < -0.3 is 4.74 Å². The second kappa shape index (κ2) is 5.91. The van der Waals surface area contributed by atoms with Crippen molar-refractivity contribution in [2.24, 2.45) is 0 Å². The van der Waals surface area contributed by atoms with Crippen molar-refractivity contribution >= 4 is 5.97 Å². The molecule has 0 aliphatic heterocycles. The maximum Gasteiger partial charge on any atom is 0.337 e. The fourth-order valence-corrected chi connectivity index (χ4v) is 1.53. The SMILES string of the molecule is C=CC[C@H](C=C)c1ccc(C(=O)OC)cc1. The number of carbonyl (C=O) groups is 1. The quantitative estimate of drug-likeness (QED) is 0.557. The topological polar surface area (TPSA) is 26.3 Å². The molecule has 2 nitrogen and oxygen atoms in total. The molecule has 0 amide bonds. The Morgan fingerprint density at radius 1 is 1.38 bits per heavy atom.